The topological polar surface area (TPSA) is 21.1 Å². The number of allylic oxidation sites excluding steroid dienone is 1. The molecule has 4 rings (SSSR count). The van der Waals surface area contributed by atoms with Gasteiger partial charge >= 0.3 is 0 Å². The Bertz CT molecular complexity index is 912. The molecule has 0 saturated carbocycles. The lowest BCUT2D eigenvalue weighted by molar-refractivity contribution is 0.310. The first kappa shape index (κ1) is 15.4. The van der Waals surface area contributed by atoms with Crippen molar-refractivity contribution in [1.82, 2.24) is 14.5 Å². The molecule has 3 nitrogen and oxygen atoms in total. The molecule has 1 aliphatic heterocycles. The summed E-state index contributed by atoms with van der Waals surface area (Å²) in [5.74, 6) is 0. The van der Waals surface area contributed by atoms with Gasteiger partial charge in [0.15, 0.2) is 0 Å². The molecule has 0 fully saturated rings. The monoisotopic (exact) mass is 337 g/mol. The van der Waals surface area contributed by atoms with Crippen LogP contribution < -0.4 is 0 Å². The molecule has 0 unspecified atom stereocenters. The fraction of sp³-hybridized carbons (Fsp3) is 0.250. The van der Waals surface area contributed by atoms with Gasteiger partial charge in [-0.05, 0) is 48.0 Å². The van der Waals surface area contributed by atoms with Crippen LogP contribution in [0.1, 0.15) is 16.8 Å². The smallest absolute Gasteiger partial charge is 0.0490 e. The number of benzene rings is 1. The van der Waals surface area contributed by atoms with E-state index in [2.05, 4.69) is 46.3 Å². The lowest BCUT2D eigenvalue weighted by Crippen LogP contribution is -2.27. The van der Waals surface area contributed by atoms with Crippen LogP contribution in [-0.2, 0) is 19.5 Å². The third kappa shape index (κ3) is 2.64. The number of pyridine rings is 1. The van der Waals surface area contributed by atoms with E-state index in [-0.39, 0.29) is 0 Å². The molecular weight excluding hydrogens is 318 g/mol. The molecule has 2 aromatic heterocycles. The Hall–Kier alpha value is -2.10. The highest BCUT2D eigenvalue weighted by atomic mass is 35.5. The lowest BCUT2D eigenvalue weighted by atomic mass is 10.0. The summed E-state index contributed by atoms with van der Waals surface area (Å²) in [6.07, 6.45) is 4.73. The van der Waals surface area contributed by atoms with Crippen LogP contribution in [0, 0.1) is 0 Å². The number of aromatic nitrogens is 2. The van der Waals surface area contributed by atoms with Crippen LogP contribution in [0.15, 0.2) is 49.3 Å². The quantitative estimate of drug-likeness (QED) is 0.706. The van der Waals surface area contributed by atoms with Gasteiger partial charge in [0.2, 0.25) is 0 Å². The molecule has 0 spiro atoms. The molecule has 0 atom stereocenters. The molecule has 0 aliphatic carbocycles. The van der Waals surface area contributed by atoms with Crippen LogP contribution >= 0.6 is 11.6 Å². The zero-order valence-electron chi connectivity index (χ0n) is 13.8. The first-order valence-corrected chi connectivity index (χ1v) is 8.57. The first-order chi connectivity index (χ1) is 11.6. The molecule has 0 amide bonds. The molecule has 1 aromatic carbocycles. The highest BCUT2D eigenvalue weighted by molar-refractivity contribution is 6.31. The van der Waals surface area contributed by atoms with Crippen molar-refractivity contribution in [2.24, 2.45) is 0 Å². The summed E-state index contributed by atoms with van der Waals surface area (Å²) in [5, 5.41) is 2.06. The normalized spacial score (nSPS) is 14.8. The van der Waals surface area contributed by atoms with Gasteiger partial charge in [-0.25, -0.2) is 0 Å². The third-order valence-corrected chi connectivity index (χ3v) is 5.06. The van der Waals surface area contributed by atoms with E-state index in [9.17, 15) is 0 Å². The number of nitrogens with zero attached hydrogens (tertiary/aromatic N) is 3. The van der Waals surface area contributed by atoms with Crippen molar-refractivity contribution < 1.29 is 0 Å². The minimum atomic E-state index is 0.781. The van der Waals surface area contributed by atoms with Crippen LogP contribution in [0.5, 0.6) is 0 Å². The van der Waals surface area contributed by atoms with Gasteiger partial charge in [0.25, 0.3) is 0 Å². The van der Waals surface area contributed by atoms with E-state index < -0.39 is 0 Å². The molecule has 0 radical (unpaired) electrons. The molecule has 0 bridgehead atoms. The number of rotatable bonds is 3. The molecule has 0 N–H and O–H groups in total. The zero-order chi connectivity index (χ0) is 16.7. The molecule has 0 saturated heterocycles. The maximum Gasteiger partial charge on any atom is 0.0490 e. The average Bonchev–Trinajstić information content (AvgIpc) is 2.88. The van der Waals surface area contributed by atoms with Crippen LogP contribution in [0.2, 0.25) is 5.02 Å². The first-order valence-electron chi connectivity index (χ1n) is 8.19. The maximum atomic E-state index is 6.26. The molecule has 4 heteroatoms. The second-order valence-electron chi connectivity index (χ2n) is 6.51. The largest absolute Gasteiger partial charge is 0.340 e. The Balaban J connectivity index is 1.82. The number of hydrogen-bond acceptors (Lipinski definition) is 2. The summed E-state index contributed by atoms with van der Waals surface area (Å²) < 4.78 is 2.41. The Morgan fingerprint density at radius 3 is 3.00 bits per heavy atom. The number of halogens is 1. The van der Waals surface area contributed by atoms with Crippen LogP contribution in [0.25, 0.3) is 16.5 Å². The van der Waals surface area contributed by atoms with E-state index in [4.69, 9.17) is 11.6 Å². The van der Waals surface area contributed by atoms with Crippen molar-refractivity contribution in [2.45, 2.75) is 19.5 Å². The third-order valence-electron chi connectivity index (χ3n) is 4.83. The van der Waals surface area contributed by atoms with E-state index in [0.717, 1.165) is 42.2 Å². The van der Waals surface area contributed by atoms with Crippen molar-refractivity contribution in [3.05, 3.63) is 71.1 Å². The highest BCUT2D eigenvalue weighted by Gasteiger charge is 2.22. The maximum absolute atomic E-state index is 6.26. The van der Waals surface area contributed by atoms with E-state index in [1.807, 2.05) is 18.3 Å². The minimum Gasteiger partial charge on any atom is -0.340 e. The van der Waals surface area contributed by atoms with Gasteiger partial charge in [0.1, 0.15) is 0 Å². The Labute approximate surface area is 147 Å². The number of likely N-dealkylation sites (N-methyl/N-ethyl adjacent to an activating group) is 1. The molecule has 3 heterocycles. The summed E-state index contributed by atoms with van der Waals surface area (Å²) in [4.78, 5) is 6.58. The molecule has 1 aliphatic rings. The van der Waals surface area contributed by atoms with Gasteiger partial charge < -0.3 is 9.47 Å². The van der Waals surface area contributed by atoms with Gasteiger partial charge in [-0.2, -0.15) is 0 Å². The van der Waals surface area contributed by atoms with Crippen molar-refractivity contribution in [3.63, 3.8) is 0 Å². The number of fused-ring (bicyclic) bond motifs is 3. The standard InChI is InChI=1S/C20H20ClN3/c1-14(15-4-3-8-22-11-15)12-24-19-6-5-16(21)10-17(19)18-13-23(2)9-7-20(18)24/h3-6,8,10-11H,1,7,9,12-13H2,2H3. The van der Waals surface area contributed by atoms with E-state index in [1.165, 1.54) is 22.2 Å². The van der Waals surface area contributed by atoms with Gasteiger partial charge in [-0.3, -0.25) is 4.98 Å². The SMILES string of the molecule is C=C(Cn1c2c(c3cc(Cl)ccc31)CN(C)CC2)c1cccnc1. The molecule has 122 valence electrons. The van der Waals surface area contributed by atoms with E-state index >= 15 is 0 Å². The van der Waals surface area contributed by atoms with Crippen LogP contribution in [0.3, 0.4) is 0 Å². The molecular formula is C20H20ClN3. The van der Waals surface area contributed by atoms with Gasteiger partial charge in [0, 0.05) is 60.1 Å². The lowest BCUT2D eigenvalue weighted by Gasteiger charge is -2.24. The second-order valence-corrected chi connectivity index (χ2v) is 6.94. The number of hydrogen-bond donors (Lipinski definition) is 0. The van der Waals surface area contributed by atoms with Crippen LogP contribution in [0.4, 0.5) is 0 Å². The van der Waals surface area contributed by atoms with Gasteiger partial charge in [-0.1, -0.05) is 24.2 Å². The fourth-order valence-electron chi connectivity index (χ4n) is 3.59. The van der Waals surface area contributed by atoms with E-state index in [0.29, 0.717) is 0 Å². The summed E-state index contributed by atoms with van der Waals surface area (Å²) >= 11 is 6.26. The summed E-state index contributed by atoms with van der Waals surface area (Å²) in [5.41, 5.74) is 6.23. The van der Waals surface area contributed by atoms with Gasteiger partial charge in [-0.15, -0.1) is 0 Å². The highest BCUT2D eigenvalue weighted by Crippen LogP contribution is 2.33. The van der Waals surface area contributed by atoms with Crippen molar-refractivity contribution >= 4 is 28.1 Å². The predicted octanol–water partition coefficient (Wildman–Crippen LogP) is 4.39. The summed E-state index contributed by atoms with van der Waals surface area (Å²) in [6, 6.07) is 10.2. The van der Waals surface area contributed by atoms with Gasteiger partial charge in [0.05, 0.1) is 0 Å². The van der Waals surface area contributed by atoms with Crippen molar-refractivity contribution in [1.29, 1.82) is 0 Å². The second kappa shape index (κ2) is 6.08. The molecule has 24 heavy (non-hydrogen) atoms. The summed E-state index contributed by atoms with van der Waals surface area (Å²) in [6.45, 7) is 7.12. The van der Waals surface area contributed by atoms with Crippen molar-refractivity contribution in [2.75, 3.05) is 13.6 Å². The Kier molecular flexibility index (Phi) is 3.91. The average molecular weight is 338 g/mol. The minimum absolute atomic E-state index is 0.781. The fourth-order valence-corrected chi connectivity index (χ4v) is 3.76. The van der Waals surface area contributed by atoms with Crippen LogP contribution in [-0.4, -0.2) is 28.0 Å². The molecule has 3 aromatic rings. The Morgan fingerprint density at radius 1 is 1.33 bits per heavy atom. The zero-order valence-corrected chi connectivity index (χ0v) is 14.6. The van der Waals surface area contributed by atoms with E-state index in [1.54, 1.807) is 6.20 Å². The van der Waals surface area contributed by atoms with Crippen molar-refractivity contribution in [3.8, 4) is 0 Å². The Morgan fingerprint density at radius 2 is 2.21 bits per heavy atom. The predicted molar refractivity (Wildman–Crippen MR) is 100 cm³/mol. The summed E-state index contributed by atoms with van der Waals surface area (Å²) in [7, 11) is 2.17.